The number of benzene rings is 1. The van der Waals surface area contributed by atoms with Crippen LogP contribution in [0.15, 0.2) is 24.3 Å². The van der Waals surface area contributed by atoms with E-state index in [1.165, 1.54) is 0 Å². The van der Waals surface area contributed by atoms with E-state index in [9.17, 15) is 4.79 Å². The summed E-state index contributed by atoms with van der Waals surface area (Å²) in [5.74, 6) is -0.121. The van der Waals surface area contributed by atoms with Gasteiger partial charge in [-0.05, 0) is 51.7 Å². The number of rotatable bonds is 6. The Kier molecular flexibility index (Phi) is 5.67. The Bertz CT molecular complexity index is 399. The molecule has 0 aromatic heterocycles. The van der Waals surface area contributed by atoms with Crippen LogP contribution in [0.1, 0.15) is 39.2 Å². The van der Waals surface area contributed by atoms with Crippen LogP contribution in [0.3, 0.4) is 0 Å². The second kappa shape index (κ2) is 6.79. The van der Waals surface area contributed by atoms with Gasteiger partial charge in [0.05, 0.1) is 12.0 Å². The molecule has 0 aliphatic rings. The van der Waals surface area contributed by atoms with Gasteiger partial charge < -0.3 is 4.74 Å². The Balaban J connectivity index is 2.46. The number of carbonyl (C=O) groups is 1. The summed E-state index contributed by atoms with van der Waals surface area (Å²) in [6.07, 6.45) is 2.62. The molecule has 2 nitrogen and oxygen atoms in total. The summed E-state index contributed by atoms with van der Waals surface area (Å²) in [4.78, 5) is 11.7. The van der Waals surface area contributed by atoms with Crippen LogP contribution < -0.4 is 0 Å². The zero-order valence-corrected chi connectivity index (χ0v) is 12.1. The molecule has 0 aliphatic heterocycles. The van der Waals surface area contributed by atoms with E-state index >= 15 is 0 Å². The molecule has 0 radical (unpaired) electrons. The monoisotopic (exact) mass is 268 g/mol. The fourth-order valence-electron chi connectivity index (χ4n) is 1.85. The predicted octanol–water partition coefficient (Wildman–Crippen LogP) is 4.25. The quantitative estimate of drug-likeness (QED) is 0.721. The van der Waals surface area contributed by atoms with Crippen LogP contribution in [0, 0.1) is 5.41 Å². The molecule has 0 bridgehead atoms. The van der Waals surface area contributed by atoms with Crippen molar-refractivity contribution in [3.8, 4) is 0 Å². The Morgan fingerprint density at radius 3 is 2.61 bits per heavy atom. The number of ether oxygens (including phenoxy) is 1. The lowest BCUT2D eigenvalue weighted by molar-refractivity contribution is -0.153. The molecule has 0 atom stereocenters. The summed E-state index contributed by atoms with van der Waals surface area (Å²) in [7, 11) is 0. The molecule has 0 heterocycles. The lowest BCUT2D eigenvalue weighted by Crippen LogP contribution is -2.26. The topological polar surface area (TPSA) is 26.3 Å². The molecular formula is C15H21ClO2. The van der Waals surface area contributed by atoms with Crippen LogP contribution in [0.5, 0.6) is 0 Å². The van der Waals surface area contributed by atoms with Crippen molar-refractivity contribution in [1.82, 2.24) is 0 Å². The minimum absolute atomic E-state index is 0.121. The molecule has 0 unspecified atom stereocenters. The highest BCUT2D eigenvalue weighted by molar-refractivity contribution is 6.31. The number of halogens is 1. The molecule has 1 aromatic carbocycles. The van der Waals surface area contributed by atoms with Gasteiger partial charge in [-0.15, -0.1) is 0 Å². The van der Waals surface area contributed by atoms with E-state index in [1.54, 1.807) is 0 Å². The summed E-state index contributed by atoms with van der Waals surface area (Å²) in [6.45, 7) is 6.12. The number of carbonyl (C=O) groups excluding carboxylic acids is 1. The van der Waals surface area contributed by atoms with Gasteiger partial charge in [0.25, 0.3) is 0 Å². The van der Waals surface area contributed by atoms with Gasteiger partial charge in [0.15, 0.2) is 0 Å². The second-order valence-electron chi connectivity index (χ2n) is 5.05. The summed E-state index contributed by atoms with van der Waals surface area (Å²) in [6, 6.07) is 7.83. The third kappa shape index (κ3) is 4.34. The summed E-state index contributed by atoms with van der Waals surface area (Å²) >= 11 is 6.09. The minimum atomic E-state index is -0.419. The van der Waals surface area contributed by atoms with Crippen molar-refractivity contribution in [2.75, 3.05) is 6.61 Å². The third-order valence-corrected chi connectivity index (χ3v) is 3.40. The normalized spacial score (nSPS) is 11.3. The van der Waals surface area contributed by atoms with E-state index in [-0.39, 0.29) is 5.97 Å². The van der Waals surface area contributed by atoms with Crippen molar-refractivity contribution in [2.45, 2.75) is 40.0 Å². The molecule has 0 N–H and O–H groups in total. The van der Waals surface area contributed by atoms with Crippen molar-refractivity contribution in [3.05, 3.63) is 34.9 Å². The van der Waals surface area contributed by atoms with Gasteiger partial charge in [-0.25, -0.2) is 0 Å². The molecule has 0 spiro atoms. The molecule has 0 saturated heterocycles. The first-order chi connectivity index (χ1) is 8.47. The minimum Gasteiger partial charge on any atom is -0.466 e. The van der Waals surface area contributed by atoms with Crippen LogP contribution in [0.4, 0.5) is 0 Å². The Morgan fingerprint density at radius 2 is 2.00 bits per heavy atom. The first-order valence-electron chi connectivity index (χ1n) is 6.38. The lowest BCUT2D eigenvalue weighted by Gasteiger charge is -2.22. The Morgan fingerprint density at radius 1 is 1.33 bits per heavy atom. The zero-order chi connectivity index (χ0) is 13.6. The van der Waals surface area contributed by atoms with Crippen LogP contribution in [0.2, 0.25) is 5.02 Å². The molecule has 1 rings (SSSR count). The van der Waals surface area contributed by atoms with Crippen molar-refractivity contribution in [2.24, 2.45) is 5.41 Å². The summed E-state index contributed by atoms with van der Waals surface area (Å²) < 4.78 is 5.07. The van der Waals surface area contributed by atoms with Crippen LogP contribution in [0.25, 0.3) is 0 Å². The van der Waals surface area contributed by atoms with Crippen molar-refractivity contribution >= 4 is 17.6 Å². The molecule has 100 valence electrons. The SMILES string of the molecule is CCOC(=O)C(C)(C)CCCc1ccccc1Cl. The predicted molar refractivity (Wildman–Crippen MR) is 74.8 cm³/mol. The molecule has 0 saturated carbocycles. The average molecular weight is 269 g/mol. The van der Waals surface area contributed by atoms with Crippen LogP contribution in [-0.4, -0.2) is 12.6 Å². The number of aryl methyl sites for hydroxylation is 1. The molecule has 0 fully saturated rings. The average Bonchev–Trinajstić information content (AvgIpc) is 2.32. The largest absolute Gasteiger partial charge is 0.466 e. The van der Waals surface area contributed by atoms with E-state index in [0.717, 1.165) is 29.8 Å². The van der Waals surface area contributed by atoms with Gasteiger partial charge in [-0.2, -0.15) is 0 Å². The zero-order valence-electron chi connectivity index (χ0n) is 11.3. The standard InChI is InChI=1S/C15H21ClO2/c1-4-18-14(17)15(2,3)11-7-9-12-8-5-6-10-13(12)16/h5-6,8,10H,4,7,9,11H2,1-3H3. The Labute approximate surface area is 114 Å². The van der Waals surface area contributed by atoms with Crippen molar-refractivity contribution < 1.29 is 9.53 Å². The van der Waals surface area contributed by atoms with E-state index in [1.807, 2.05) is 45.0 Å². The molecular weight excluding hydrogens is 248 g/mol. The van der Waals surface area contributed by atoms with Crippen LogP contribution in [-0.2, 0) is 16.0 Å². The highest BCUT2D eigenvalue weighted by Gasteiger charge is 2.28. The molecule has 18 heavy (non-hydrogen) atoms. The van der Waals surface area contributed by atoms with Crippen molar-refractivity contribution in [1.29, 1.82) is 0 Å². The van der Waals surface area contributed by atoms with Crippen molar-refractivity contribution in [3.63, 3.8) is 0 Å². The highest BCUT2D eigenvalue weighted by Crippen LogP contribution is 2.26. The molecule has 0 amide bonds. The second-order valence-corrected chi connectivity index (χ2v) is 5.46. The maximum absolute atomic E-state index is 11.7. The highest BCUT2D eigenvalue weighted by atomic mass is 35.5. The van der Waals surface area contributed by atoms with Gasteiger partial charge in [0.1, 0.15) is 0 Å². The first kappa shape index (κ1) is 15.0. The van der Waals surface area contributed by atoms with Gasteiger partial charge in [-0.1, -0.05) is 29.8 Å². The van der Waals surface area contributed by atoms with Crippen LogP contribution >= 0.6 is 11.6 Å². The van der Waals surface area contributed by atoms with Gasteiger partial charge in [0.2, 0.25) is 0 Å². The maximum Gasteiger partial charge on any atom is 0.311 e. The van der Waals surface area contributed by atoms with Gasteiger partial charge in [-0.3, -0.25) is 4.79 Å². The van der Waals surface area contributed by atoms with Gasteiger partial charge >= 0.3 is 5.97 Å². The maximum atomic E-state index is 11.7. The molecule has 0 aliphatic carbocycles. The lowest BCUT2D eigenvalue weighted by atomic mass is 9.86. The Hall–Kier alpha value is -1.02. The first-order valence-corrected chi connectivity index (χ1v) is 6.76. The number of hydrogen-bond donors (Lipinski definition) is 0. The summed E-state index contributed by atoms with van der Waals surface area (Å²) in [5.41, 5.74) is 0.718. The molecule has 1 aromatic rings. The molecule has 3 heteroatoms. The van der Waals surface area contributed by atoms with E-state index in [2.05, 4.69) is 0 Å². The van der Waals surface area contributed by atoms with E-state index in [0.29, 0.717) is 6.61 Å². The smallest absolute Gasteiger partial charge is 0.311 e. The third-order valence-electron chi connectivity index (χ3n) is 3.03. The number of hydrogen-bond acceptors (Lipinski definition) is 2. The van der Waals surface area contributed by atoms with Gasteiger partial charge in [0, 0.05) is 5.02 Å². The number of esters is 1. The summed E-state index contributed by atoms with van der Waals surface area (Å²) in [5, 5.41) is 0.798. The fourth-order valence-corrected chi connectivity index (χ4v) is 2.08. The fraction of sp³-hybridized carbons (Fsp3) is 0.533. The van der Waals surface area contributed by atoms with E-state index in [4.69, 9.17) is 16.3 Å². The van der Waals surface area contributed by atoms with E-state index < -0.39 is 5.41 Å².